The topological polar surface area (TPSA) is 58.6 Å². The van der Waals surface area contributed by atoms with Gasteiger partial charge in [-0.15, -0.1) is 0 Å². The zero-order chi connectivity index (χ0) is 21.3. The molecule has 0 spiro atoms. The van der Waals surface area contributed by atoms with Gasteiger partial charge in [0.2, 0.25) is 0 Å². The summed E-state index contributed by atoms with van der Waals surface area (Å²) in [5.41, 5.74) is 2.67. The summed E-state index contributed by atoms with van der Waals surface area (Å²) in [4.78, 5) is 10.5. The molecular weight excluding hydrogens is 374 g/mol. The number of aryl methyl sites for hydroxylation is 1. The molecule has 0 fully saturated rings. The van der Waals surface area contributed by atoms with Crippen LogP contribution in [0.3, 0.4) is 0 Å². The second-order valence-electron chi connectivity index (χ2n) is 7.85. The first-order valence-electron chi connectivity index (χ1n) is 11.4. The first-order chi connectivity index (χ1) is 14.7. The van der Waals surface area contributed by atoms with E-state index in [1.165, 1.54) is 56.1 Å². The third kappa shape index (κ3) is 11.6. The predicted octanol–water partition coefficient (Wildman–Crippen LogP) is 5.65. The van der Waals surface area contributed by atoms with Crippen molar-refractivity contribution in [2.24, 2.45) is 0 Å². The van der Waals surface area contributed by atoms with E-state index in [-0.39, 0.29) is 6.42 Å². The molecular formula is C26H37NO3. The Bertz CT molecular complexity index is 702. The van der Waals surface area contributed by atoms with E-state index in [0.717, 1.165) is 31.7 Å². The van der Waals surface area contributed by atoms with Crippen LogP contribution < -0.4 is 10.1 Å². The number of nitrogens with one attached hydrogen (secondary N) is 1. The van der Waals surface area contributed by atoms with Crippen LogP contribution in [0.25, 0.3) is 0 Å². The van der Waals surface area contributed by atoms with Crippen molar-refractivity contribution in [2.45, 2.75) is 64.2 Å². The molecule has 4 heteroatoms. The normalized spacial score (nSPS) is 10.8. The number of aliphatic carboxylic acids is 1. The molecule has 0 unspecified atom stereocenters. The highest BCUT2D eigenvalue weighted by Crippen LogP contribution is 2.15. The number of carboxylic acids is 1. The average Bonchev–Trinajstić information content (AvgIpc) is 2.75. The largest absolute Gasteiger partial charge is 0.494 e. The van der Waals surface area contributed by atoms with Crippen molar-refractivity contribution in [3.05, 3.63) is 65.7 Å². The van der Waals surface area contributed by atoms with Crippen molar-refractivity contribution in [3.8, 4) is 5.75 Å². The molecule has 2 N–H and O–H groups in total. The molecule has 0 aromatic heterocycles. The summed E-state index contributed by atoms with van der Waals surface area (Å²) >= 11 is 0. The van der Waals surface area contributed by atoms with Crippen LogP contribution in [-0.4, -0.2) is 30.8 Å². The zero-order valence-corrected chi connectivity index (χ0v) is 18.2. The number of ether oxygens (including phenoxy) is 1. The maximum Gasteiger partial charge on any atom is 0.304 e. The minimum Gasteiger partial charge on any atom is -0.494 e. The summed E-state index contributed by atoms with van der Waals surface area (Å²) in [6.07, 6.45) is 11.1. The van der Waals surface area contributed by atoms with Gasteiger partial charge in [0.1, 0.15) is 5.75 Å². The minimum atomic E-state index is -0.763. The van der Waals surface area contributed by atoms with Crippen LogP contribution in [0, 0.1) is 0 Å². The van der Waals surface area contributed by atoms with Crippen LogP contribution in [-0.2, 0) is 17.6 Å². The molecule has 2 aromatic rings. The van der Waals surface area contributed by atoms with E-state index >= 15 is 0 Å². The quantitative estimate of drug-likeness (QED) is 0.331. The van der Waals surface area contributed by atoms with Gasteiger partial charge in [-0.1, -0.05) is 74.6 Å². The van der Waals surface area contributed by atoms with Crippen molar-refractivity contribution < 1.29 is 14.6 Å². The van der Waals surface area contributed by atoms with Crippen molar-refractivity contribution in [3.63, 3.8) is 0 Å². The molecule has 164 valence electrons. The molecule has 0 saturated carbocycles. The van der Waals surface area contributed by atoms with Gasteiger partial charge >= 0.3 is 5.97 Å². The monoisotopic (exact) mass is 411 g/mol. The van der Waals surface area contributed by atoms with E-state index in [1.807, 2.05) is 12.1 Å². The molecule has 0 aliphatic carbocycles. The number of benzene rings is 2. The van der Waals surface area contributed by atoms with Gasteiger partial charge in [-0.25, -0.2) is 0 Å². The number of hydrogen-bond donors (Lipinski definition) is 2. The lowest BCUT2D eigenvalue weighted by Crippen LogP contribution is -2.20. The van der Waals surface area contributed by atoms with E-state index in [2.05, 4.69) is 47.8 Å². The van der Waals surface area contributed by atoms with Crippen LogP contribution in [0.5, 0.6) is 5.75 Å². The molecule has 30 heavy (non-hydrogen) atoms. The van der Waals surface area contributed by atoms with Crippen molar-refractivity contribution in [2.75, 3.05) is 19.7 Å². The Morgan fingerprint density at radius 3 is 2.23 bits per heavy atom. The molecule has 2 aromatic carbocycles. The Labute approximate surface area is 181 Å². The van der Waals surface area contributed by atoms with E-state index in [4.69, 9.17) is 9.84 Å². The molecule has 2 rings (SSSR count). The summed E-state index contributed by atoms with van der Waals surface area (Å²) in [7, 11) is 0. The number of rotatable bonds is 17. The highest BCUT2D eigenvalue weighted by Gasteiger charge is 2.00. The Hall–Kier alpha value is -2.33. The summed E-state index contributed by atoms with van der Waals surface area (Å²) in [5, 5.41) is 11.8. The number of carboxylic acid groups (broad SMARTS) is 1. The van der Waals surface area contributed by atoms with Gasteiger partial charge in [0.25, 0.3) is 0 Å². The smallest absolute Gasteiger partial charge is 0.304 e. The Kier molecular flexibility index (Phi) is 12.4. The molecule has 0 atom stereocenters. The van der Waals surface area contributed by atoms with Gasteiger partial charge in [0.05, 0.1) is 13.0 Å². The first-order valence-corrected chi connectivity index (χ1v) is 11.4. The molecule has 0 saturated heterocycles. The third-order valence-electron chi connectivity index (χ3n) is 5.23. The van der Waals surface area contributed by atoms with Crippen LogP contribution in [0.2, 0.25) is 0 Å². The van der Waals surface area contributed by atoms with Crippen LogP contribution in [0.1, 0.15) is 62.5 Å². The molecule has 0 aliphatic heterocycles. The molecule has 0 heterocycles. The van der Waals surface area contributed by atoms with Gasteiger partial charge in [-0.3, -0.25) is 4.79 Å². The summed E-state index contributed by atoms with van der Waals surface area (Å²) in [6.45, 7) is 2.06. The van der Waals surface area contributed by atoms with E-state index in [9.17, 15) is 4.79 Å². The van der Waals surface area contributed by atoms with Crippen LogP contribution in [0.15, 0.2) is 54.6 Å². The van der Waals surface area contributed by atoms with Gasteiger partial charge < -0.3 is 15.2 Å². The predicted molar refractivity (Wildman–Crippen MR) is 123 cm³/mol. The van der Waals surface area contributed by atoms with E-state index in [0.29, 0.717) is 6.54 Å². The highest BCUT2D eigenvalue weighted by molar-refractivity contribution is 5.66. The van der Waals surface area contributed by atoms with Gasteiger partial charge in [-0.2, -0.15) is 0 Å². The van der Waals surface area contributed by atoms with E-state index < -0.39 is 5.97 Å². The number of carbonyl (C=O) groups is 1. The maximum atomic E-state index is 10.5. The fourth-order valence-corrected chi connectivity index (χ4v) is 3.49. The van der Waals surface area contributed by atoms with Crippen LogP contribution in [0.4, 0.5) is 0 Å². The lowest BCUT2D eigenvalue weighted by Gasteiger charge is -2.09. The van der Waals surface area contributed by atoms with E-state index in [1.54, 1.807) is 0 Å². The Morgan fingerprint density at radius 2 is 1.47 bits per heavy atom. The maximum absolute atomic E-state index is 10.5. The second-order valence-corrected chi connectivity index (χ2v) is 7.85. The standard InChI is InChI=1S/C26H37NO3/c28-26(29)18-20-27-19-17-24-15-11-16-25(22-24)30-21-10-5-3-1-2-4-7-12-23-13-8-6-9-14-23/h6,8-9,11,13-16,22,27H,1-5,7,10,12,17-21H2,(H,28,29). The minimum absolute atomic E-state index is 0.164. The molecule has 0 aliphatic rings. The molecule has 0 bridgehead atoms. The van der Waals surface area contributed by atoms with Crippen molar-refractivity contribution >= 4 is 5.97 Å². The summed E-state index contributed by atoms with van der Waals surface area (Å²) in [6, 6.07) is 19.0. The van der Waals surface area contributed by atoms with Crippen molar-refractivity contribution in [1.82, 2.24) is 5.32 Å². The lowest BCUT2D eigenvalue weighted by atomic mass is 10.0. The van der Waals surface area contributed by atoms with Crippen molar-refractivity contribution in [1.29, 1.82) is 0 Å². The SMILES string of the molecule is O=C(O)CCNCCc1cccc(OCCCCCCCCCc2ccccc2)c1. The van der Waals surface area contributed by atoms with Gasteiger partial charge in [-0.05, 0) is 55.5 Å². The van der Waals surface area contributed by atoms with Crippen LogP contribution >= 0.6 is 0 Å². The first kappa shape index (κ1) is 23.9. The molecule has 0 amide bonds. The Balaban J connectivity index is 1.44. The second kappa shape index (κ2) is 15.5. The molecule has 0 radical (unpaired) electrons. The Morgan fingerprint density at radius 1 is 0.767 bits per heavy atom. The fraction of sp³-hybridized carbons (Fsp3) is 0.500. The fourth-order valence-electron chi connectivity index (χ4n) is 3.49. The van der Waals surface area contributed by atoms with Gasteiger partial charge in [0, 0.05) is 6.54 Å². The third-order valence-corrected chi connectivity index (χ3v) is 5.23. The summed E-state index contributed by atoms with van der Waals surface area (Å²) < 4.78 is 5.90. The molecule has 4 nitrogen and oxygen atoms in total. The number of hydrogen-bond acceptors (Lipinski definition) is 3. The average molecular weight is 412 g/mol. The van der Waals surface area contributed by atoms with Gasteiger partial charge in [0.15, 0.2) is 0 Å². The number of unbranched alkanes of at least 4 members (excludes halogenated alkanes) is 6. The zero-order valence-electron chi connectivity index (χ0n) is 18.2. The summed E-state index contributed by atoms with van der Waals surface area (Å²) in [5.74, 6) is 0.167. The lowest BCUT2D eigenvalue weighted by molar-refractivity contribution is -0.136. The highest BCUT2D eigenvalue weighted by atomic mass is 16.5.